The summed E-state index contributed by atoms with van der Waals surface area (Å²) in [6.07, 6.45) is 0. The molecular formula is C52H32N4O. The second-order valence-electron chi connectivity index (χ2n) is 14.7. The molecule has 0 amide bonds. The Morgan fingerprint density at radius 1 is 0.386 bits per heavy atom. The average Bonchev–Trinajstić information content (AvgIpc) is 3.81. The number of nitrogens with zero attached hydrogens (tertiary/aromatic N) is 4. The predicted octanol–water partition coefficient (Wildman–Crippen LogP) is 12.9. The first-order valence-electron chi connectivity index (χ1n) is 19.3. The lowest BCUT2D eigenvalue weighted by molar-refractivity contribution is 0.669. The van der Waals surface area contributed by atoms with Crippen LogP contribution in [-0.2, 0) is 5.41 Å². The zero-order chi connectivity index (χ0) is 37.5. The van der Waals surface area contributed by atoms with Gasteiger partial charge in [-0.1, -0.05) is 164 Å². The van der Waals surface area contributed by atoms with Gasteiger partial charge >= 0.3 is 0 Å². The van der Waals surface area contributed by atoms with Crippen molar-refractivity contribution in [3.8, 4) is 45.0 Å². The molecule has 1 spiro atoms. The molecule has 8 aromatic carbocycles. The van der Waals surface area contributed by atoms with Crippen LogP contribution in [0.5, 0.6) is 0 Å². The Morgan fingerprint density at radius 3 is 1.60 bits per heavy atom. The second kappa shape index (κ2) is 12.2. The van der Waals surface area contributed by atoms with Crippen LogP contribution >= 0.6 is 0 Å². The van der Waals surface area contributed by atoms with E-state index < -0.39 is 5.41 Å². The standard InChI is InChI=1S/C52H32N4O/c1-3-16-33(17-4-1)35-30-31-38-39-22-15-23-40(48(39)57-47(38)32-35)50-53-49(34-18-5-2-6-19-34)54-51(55-50)56-45-28-13-11-26-43(45)52(44-27-12-14-29-46(44)56)41-24-9-7-20-36(41)37-21-8-10-25-42(37)52/h1-32H. The number of benzene rings is 8. The van der Waals surface area contributed by atoms with Crippen molar-refractivity contribution in [2.24, 2.45) is 0 Å². The number of furan rings is 1. The van der Waals surface area contributed by atoms with E-state index in [0.717, 1.165) is 55.6 Å². The van der Waals surface area contributed by atoms with Crippen LogP contribution in [0.2, 0.25) is 0 Å². The van der Waals surface area contributed by atoms with Crippen LogP contribution in [0.15, 0.2) is 199 Å². The molecule has 10 aromatic rings. The fourth-order valence-electron chi connectivity index (χ4n) is 9.36. The molecule has 0 saturated carbocycles. The lowest BCUT2D eigenvalue weighted by atomic mass is 9.65. The molecule has 5 nitrogen and oxygen atoms in total. The smallest absolute Gasteiger partial charge is 0.238 e. The van der Waals surface area contributed by atoms with Gasteiger partial charge in [0.05, 0.1) is 22.4 Å². The van der Waals surface area contributed by atoms with Crippen molar-refractivity contribution in [1.82, 2.24) is 15.0 Å². The van der Waals surface area contributed by atoms with Crippen molar-refractivity contribution in [2.75, 3.05) is 4.90 Å². The average molecular weight is 729 g/mol. The van der Waals surface area contributed by atoms with E-state index in [1.54, 1.807) is 0 Å². The molecule has 0 fully saturated rings. The molecule has 3 heterocycles. The first-order chi connectivity index (χ1) is 28.3. The molecule has 0 unspecified atom stereocenters. The van der Waals surface area contributed by atoms with E-state index in [1.807, 2.05) is 24.3 Å². The quantitative estimate of drug-likeness (QED) is 0.181. The van der Waals surface area contributed by atoms with Crippen LogP contribution < -0.4 is 4.90 Å². The maximum Gasteiger partial charge on any atom is 0.238 e. The molecule has 0 N–H and O–H groups in total. The van der Waals surface area contributed by atoms with E-state index in [9.17, 15) is 0 Å². The Morgan fingerprint density at radius 2 is 0.930 bits per heavy atom. The maximum absolute atomic E-state index is 6.76. The molecule has 2 aliphatic rings. The minimum Gasteiger partial charge on any atom is -0.455 e. The molecule has 0 saturated heterocycles. The van der Waals surface area contributed by atoms with Crippen LogP contribution in [0.1, 0.15) is 22.3 Å². The summed E-state index contributed by atoms with van der Waals surface area (Å²) < 4.78 is 6.76. The molecule has 0 atom stereocenters. The van der Waals surface area contributed by atoms with Crippen LogP contribution in [0, 0.1) is 0 Å². The third kappa shape index (κ3) is 4.54. The Labute approximate surface area is 329 Å². The summed E-state index contributed by atoms with van der Waals surface area (Å²) in [5, 5.41) is 2.06. The summed E-state index contributed by atoms with van der Waals surface area (Å²) >= 11 is 0. The van der Waals surface area contributed by atoms with E-state index in [1.165, 1.54) is 33.4 Å². The zero-order valence-electron chi connectivity index (χ0n) is 30.7. The van der Waals surface area contributed by atoms with Crippen molar-refractivity contribution in [2.45, 2.75) is 5.41 Å². The van der Waals surface area contributed by atoms with Crippen molar-refractivity contribution in [3.63, 3.8) is 0 Å². The Kier molecular flexibility index (Phi) is 6.78. The summed E-state index contributed by atoms with van der Waals surface area (Å²) in [7, 11) is 0. The van der Waals surface area contributed by atoms with Crippen LogP contribution in [0.4, 0.5) is 17.3 Å². The van der Waals surface area contributed by atoms with Crippen LogP contribution in [-0.4, -0.2) is 15.0 Å². The first kappa shape index (κ1) is 31.7. The van der Waals surface area contributed by atoms with E-state index in [2.05, 4.69) is 175 Å². The number of anilines is 3. The molecule has 266 valence electrons. The summed E-state index contributed by atoms with van der Waals surface area (Å²) in [5.41, 5.74) is 14.5. The maximum atomic E-state index is 6.76. The van der Waals surface area contributed by atoms with Gasteiger partial charge in [0.1, 0.15) is 11.2 Å². The Hall–Kier alpha value is -7.63. The van der Waals surface area contributed by atoms with Gasteiger partial charge in [0.25, 0.3) is 0 Å². The predicted molar refractivity (Wildman–Crippen MR) is 229 cm³/mol. The molecule has 1 aliphatic carbocycles. The van der Waals surface area contributed by atoms with Gasteiger partial charge in [-0.25, -0.2) is 4.98 Å². The molecule has 0 radical (unpaired) electrons. The number of aromatic nitrogens is 3. The molecule has 2 aromatic heterocycles. The lowest BCUT2D eigenvalue weighted by Crippen LogP contribution is -2.36. The molecule has 12 rings (SSSR count). The fraction of sp³-hybridized carbons (Fsp3) is 0.0192. The minimum atomic E-state index is -0.534. The highest BCUT2D eigenvalue weighted by Gasteiger charge is 2.51. The third-order valence-corrected chi connectivity index (χ3v) is 11.8. The summed E-state index contributed by atoms with van der Waals surface area (Å²) in [4.78, 5) is 18.1. The Balaban J connectivity index is 1.11. The van der Waals surface area contributed by atoms with Crippen molar-refractivity contribution < 1.29 is 4.42 Å². The number of hydrogen-bond acceptors (Lipinski definition) is 5. The van der Waals surface area contributed by atoms with Crippen LogP contribution in [0.25, 0.3) is 67.0 Å². The molecule has 0 bridgehead atoms. The van der Waals surface area contributed by atoms with Gasteiger partial charge in [-0.05, 0) is 74.8 Å². The highest BCUT2D eigenvalue weighted by molar-refractivity contribution is 6.10. The number of rotatable bonds is 4. The highest BCUT2D eigenvalue weighted by atomic mass is 16.3. The summed E-state index contributed by atoms with van der Waals surface area (Å²) in [6, 6.07) is 68.4. The van der Waals surface area contributed by atoms with E-state index >= 15 is 0 Å². The summed E-state index contributed by atoms with van der Waals surface area (Å²) in [5.74, 6) is 1.66. The number of fused-ring (bicyclic) bond motifs is 12. The topological polar surface area (TPSA) is 55.1 Å². The first-order valence-corrected chi connectivity index (χ1v) is 19.3. The normalized spacial score (nSPS) is 13.4. The van der Waals surface area contributed by atoms with Gasteiger partial charge in [-0.3, -0.25) is 4.90 Å². The van der Waals surface area contributed by atoms with E-state index in [-0.39, 0.29) is 0 Å². The molecule has 57 heavy (non-hydrogen) atoms. The second-order valence-corrected chi connectivity index (χ2v) is 14.7. The number of hydrogen-bond donors (Lipinski definition) is 0. The number of para-hydroxylation sites is 3. The van der Waals surface area contributed by atoms with Gasteiger partial charge in [-0.2, -0.15) is 9.97 Å². The molecular weight excluding hydrogens is 697 g/mol. The van der Waals surface area contributed by atoms with Crippen LogP contribution in [0.3, 0.4) is 0 Å². The largest absolute Gasteiger partial charge is 0.455 e. The van der Waals surface area contributed by atoms with Gasteiger partial charge in [0.15, 0.2) is 11.6 Å². The monoisotopic (exact) mass is 728 g/mol. The van der Waals surface area contributed by atoms with Crippen molar-refractivity contribution in [3.05, 3.63) is 216 Å². The minimum absolute atomic E-state index is 0.534. The van der Waals surface area contributed by atoms with Crippen molar-refractivity contribution in [1.29, 1.82) is 0 Å². The van der Waals surface area contributed by atoms with E-state index in [4.69, 9.17) is 19.4 Å². The zero-order valence-corrected chi connectivity index (χ0v) is 30.7. The van der Waals surface area contributed by atoms with Gasteiger partial charge in [0.2, 0.25) is 5.95 Å². The van der Waals surface area contributed by atoms with Crippen molar-refractivity contribution >= 4 is 39.3 Å². The SMILES string of the molecule is c1ccc(-c2ccc3c(c2)oc2c(-c4nc(-c5ccccc5)nc(N5c6ccccc6C6(c7ccccc7-c7ccccc76)c6ccccc65)n4)cccc23)cc1. The van der Waals surface area contributed by atoms with E-state index in [0.29, 0.717) is 17.6 Å². The third-order valence-electron chi connectivity index (χ3n) is 11.8. The summed E-state index contributed by atoms with van der Waals surface area (Å²) in [6.45, 7) is 0. The van der Waals surface area contributed by atoms with Gasteiger partial charge in [0, 0.05) is 16.3 Å². The van der Waals surface area contributed by atoms with Gasteiger partial charge in [-0.15, -0.1) is 0 Å². The molecule has 5 heteroatoms. The lowest BCUT2D eigenvalue weighted by Gasteiger charge is -2.44. The molecule has 1 aliphatic heterocycles. The Bertz CT molecular complexity index is 3110. The highest BCUT2D eigenvalue weighted by Crippen LogP contribution is 2.63. The van der Waals surface area contributed by atoms with Gasteiger partial charge < -0.3 is 4.42 Å². The fourth-order valence-corrected chi connectivity index (χ4v) is 9.36.